The van der Waals surface area contributed by atoms with Crippen LogP contribution < -0.4 is 15.4 Å². The van der Waals surface area contributed by atoms with Gasteiger partial charge >= 0.3 is 0 Å². The van der Waals surface area contributed by atoms with Gasteiger partial charge in [0.1, 0.15) is 5.75 Å². The Morgan fingerprint density at radius 3 is 2.67 bits per heavy atom. The Labute approximate surface area is 155 Å². The maximum atomic E-state index is 12.3. The third kappa shape index (κ3) is 4.02. The van der Waals surface area contributed by atoms with Gasteiger partial charge in [-0.05, 0) is 44.5 Å². The summed E-state index contributed by atoms with van der Waals surface area (Å²) in [4.78, 5) is 32.8. The highest BCUT2D eigenvalue weighted by molar-refractivity contribution is 5.98. The first-order valence-electron chi connectivity index (χ1n) is 8.31. The third-order valence-electron chi connectivity index (χ3n) is 3.86. The molecule has 140 valence electrons. The molecule has 0 aliphatic carbocycles. The summed E-state index contributed by atoms with van der Waals surface area (Å²) in [7, 11) is 1.52. The summed E-state index contributed by atoms with van der Waals surface area (Å²) < 4.78 is 6.70. The normalized spacial score (nSPS) is 10.7. The molecule has 0 bridgehead atoms. The SMILES string of the molecule is COc1ccc(C)cc1NC(=O)CNC(=O)c1nc2nc(C)cc(C)n2n1. The van der Waals surface area contributed by atoms with E-state index >= 15 is 0 Å². The van der Waals surface area contributed by atoms with Crippen LogP contribution in [0, 0.1) is 20.8 Å². The van der Waals surface area contributed by atoms with E-state index in [9.17, 15) is 9.59 Å². The van der Waals surface area contributed by atoms with Gasteiger partial charge in [-0.15, -0.1) is 5.10 Å². The second kappa shape index (κ2) is 7.40. The van der Waals surface area contributed by atoms with E-state index in [2.05, 4.69) is 25.7 Å². The number of aromatic nitrogens is 4. The number of hydrogen-bond acceptors (Lipinski definition) is 6. The van der Waals surface area contributed by atoms with Crippen molar-refractivity contribution in [1.29, 1.82) is 0 Å². The molecule has 9 nitrogen and oxygen atoms in total. The van der Waals surface area contributed by atoms with Crippen molar-refractivity contribution in [2.45, 2.75) is 20.8 Å². The molecule has 2 amide bonds. The van der Waals surface area contributed by atoms with Gasteiger partial charge in [0.25, 0.3) is 11.7 Å². The smallest absolute Gasteiger partial charge is 0.291 e. The van der Waals surface area contributed by atoms with E-state index < -0.39 is 5.91 Å². The van der Waals surface area contributed by atoms with Gasteiger partial charge in [-0.3, -0.25) is 9.59 Å². The molecule has 0 aliphatic heterocycles. The van der Waals surface area contributed by atoms with Crippen LogP contribution in [0.15, 0.2) is 24.3 Å². The largest absolute Gasteiger partial charge is 0.495 e. The number of fused-ring (bicyclic) bond motifs is 1. The molecule has 0 fully saturated rings. The maximum absolute atomic E-state index is 12.3. The summed E-state index contributed by atoms with van der Waals surface area (Å²) >= 11 is 0. The number of nitrogens with zero attached hydrogens (tertiary/aromatic N) is 4. The van der Waals surface area contributed by atoms with Crippen LogP contribution in [0.4, 0.5) is 5.69 Å². The Balaban J connectivity index is 1.66. The van der Waals surface area contributed by atoms with Crippen LogP contribution in [-0.4, -0.2) is 45.1 Å². The van der Waals surface area contributed by atoms with E-state index in [0.717, 1.165) is 17.0 Å². The zero-order valence-electron chi connectivity index (χ0n) is 15.5. The van der Waals surface area contributed by atoms with Gasteiger partial charge in [0.05, 0.1) is 19.3 Å². The van der Waals surface area contributed by atoms with E-state index in [1.54, 1.807) is 12.1 Å². The lowest BCUT2D eigenvalue weighted by Gasteiger charge is -2.11. The van der Waals surface area contributed by atoms with Gasteiger partial charge in [0.15, 0.2) is 0 Å². The second-order valence-corrected chi connectivity index (χ2v) is 6.12. The van der Waals surface area contributed by atoms with Crippen molar-refractivity contribution in [2.75, 3.05) is 19.0 Å². The molecular weight excluding hydrogens is 348 g/mol. The molecule has 2 heterocycles. The molecule has 27 heavy (non-hydrogen) atoms. The number of carbonyl (C=O) groups is 2. The molecule has 0 saturated carbocycles. The molecule has 0 aliphatic rings. The number of benzene rings is 1. The summed E-state index contributed by atoms with van der Waals surface area (Å²) in [5.74, 6) is -0.104. The summed E-state index contributed by atoms with van der Waals surface area (Å²) in [6.45, 7) is 5.37. The molecule has 0 atom stereocenters. The average Bonchev–Trinajstić information content (AvgIpc) is 3.04. The van der Waals surface area contributed by atoms with Crippen molar-refractivity contribution in [3.05, 3.63) is 47.0 Å². The number of aryl methyl sites for hydroxylation is 3. The zero-order valence-corrected chi connectivity index (χ0v) is 15.5. The summed E-state index contributed by atoms with van der Waals surface area (Å²) in [5, 5.41) is 9.36. The maximum Gasteiger partial charge on any atom is 0.291 e. The predicted molar refractivity (Wildman–Crippen MR) is 98.9 cm³/mol. The average molecular weight is 368 g/mol. The number of anilines is 1. The highest BCUT2D eigenvalue weighted by Crippen LogP contribution is 2.24. The number of methoxy groups -OCH3 is 1. The van der Waals surface area contributed by atoms with Gasteiger partial charge in [-0.2, -0.15) is 4.98 Å². The Bertz CT molecular complexity index is 1030. The van der Waals surface area contributed by atoms with Crippen LogP contribution in [0.1, 0.15) is 27.6 Å². The molecular formula is C18H20N6O3. The molecule has 2 N–H and O–H groups in total. The topological polar surface area (TPSA) is 111 Å². The molecule has 3 aromatic rings. The summed E-state index contributed by atoms with van der Waals surface area (Å²) in [5.41, 5.74) is 3.11. The van der Waals surface area contributed by atoms with E-state index in [4.69, 9.17) is 4.74 Å². The molecule has 1 aromatic carbocycles. The quantitative estimate of drug-likeness (QED) is 0.705. The minimum absolute atomic E-state index is 0.0443. The van der Waals surface area contributed by atoms with Gasteiger partial charge in [0, 0.05) is 11.4 Å². The Morgan fingerprint density at radius 2 is 1.93 bits per heavy atom. The second-order valence-electron chi connectivity index (χ2n) is 6.12. The first-order chi connectivity index (χ1) is 12.9. The molecule has 0 spiro atoms. The lowest BCUT2D eigenvalue weighted by Crippen LogP contribution is -2.33. The number of carbonyl (C=O) groups excluding carboxylic acids is 2. The number of amides is 2. The van der Waals surface area contributed by atoms with E-state index in [1.165, 1.54) is 11.6 Å². The van der Waals surface area contributed by atoms with Gasteiger partial charge in [-0.1, -0.05) is 6.07 Å². The standard InChI is InChI=1S/C18H20N6O3/c1-10-5-6-14(27-4)13(7-10)21-15(25)9-19-17(26)16-22-18-20-11(2)8-12(3)24(18)23-16/h5-8H,9H2,1-4H3,(H,19,26)(H,21,25). The van der Waals surface area contributed by atoms with Gasteiger partial charge in [0.2, 0.25) is 11.7 Å². The van der Waals surface area contributed by atoms with E-state index in [1.807, 2.05) is 32.9 Å². The van der Waals surface area contributed by atoms with Crippen LogP contribution in [-0.2, 0) is 4.79 Å². The lowest BCUT2D eigenvalue weighted by molar-refractivity contribution is -0.115. The molecule has 0 unspecified atom stereocenters. The van der Waals surface area contributed by atoms with Crippen molar-refractivity contribution in [2.24, 2.45) is 0 Å². The van der Waals surface area contributed by atoms with Crippen molar-refractivity contribution in [3.63, 3.8) is 0 Å². The van der Waals surface area contributed by atoms with Crippen LogP contribution in [0.3, 0.4) is 0 Å². The van der Waals surface area contributed by atoms with Crippen LogP contribution in [0.5, 0.6) is 5.75 Å². The lowest BCUT2D eigenvalue weighted by atomic mass is 10.2. The van der Waals surface area contributed by atoms with E-state index in [-0.39, 0.29) is 18.3 Å². The minimum atomic E-state index is -0.552. The Kier molecular flexibility index (Phi) is 5.02. The number of rotatable bonds is 5. The monoisotopic (exact) mass is 368 g/mol. The number of nitrogens with one attached hydrogen (secondary N) is 2. The van der Waals surface area contributed by atoms with Gasteiger partial charge in [-0.25, -0.2) is 9.50 Å². The first-order valence-corrected chi connectivity index (χ1v) is 8.31. The third-order valence-corrected chi connectivity index (χ3v) is 3.86. The number of hydrogen-bond donors (Lipinski definition) is 2. The minimum Gasteiger partial charge on any atom is -0.495 e. The molecule has 0 radical (unpaired) electrons. The van der Waals surface area contributed by atoms with Crippen molar-refractivity contribution in [1.82, 2.24) is 24.9 Å². The zero-order chi connectivity index (χ0) is 19.6. The fourth-order valence-corrected chi connectivity index (χ4v) is 2.62. The first kappa shape index (κ1) is 18.3. The van der Waals surface area contributed by atoms with Crippen molar-refractivity contribution in [3.8, 4) is 5.75 Å². The Hall–Kier alpha value is -3.49. The van der Waals surface area contributed by atoms with Crippen LogP contribution in [0.25, 0.3) is 5.78 Å². The molecule has 2 aromatic heterocycles. The fourth-order valence-electron chi connectivity index (χ4n) is 2.62. The Morgan fingerprint density at radius 1 is 1.15 bits per heavy atom. The number of ether oxygens (including phenoxy) is 1. The predicted octanol–water partition coefficient (Wildman–Crippen LogP) is 1.43. The highest BCUT2D eigenvalue weighted by Gasteiger charge is 2.16. The van der Waals surface area contributed by atoms with Crippen LogP contribution in [0.2, 0.25) is 0 Å². The molecule has 3 rings (SSSR count). The van der Waals surface area contributed by atoms with Crippen LogP contribution >= 0.6 is 0 Å². The molecule has 0 saturated heterocycles. The van der Waals surface area contributed by atoms with Gasteiger partial charge < -0.3 is 15.4 Å². The fraction of sp³-hybridized carbons (Fsp3) is 0.278. The summed E-state index contributed by atoms with van der Waals surface area (Å²) in [6.07, 6.45) is 0. The van der Waals surface area contributed by atoms with E-state index in [0.29, 0.717) is 17.2 Å². The van der Waals surface area contributed by atoms with Crippen molar-refractivity contribution >= 4 is 23.3 Å². The van der Waals surface area contributed by atoms with Crippen molar-refractivity contribution < 1.29 is 14.3 Å². The highest BCUT2D eigenvalue weighted by atomic mass is 16.5. The molecule has 9 heteroatoms. The summed E-state index contributed by atoms with van der Waals surface area (Å²) in [6, 6.07) is 7.27.